The summed E-state index contributed by atoms with van der Waals surface area (Å²) < 4.78 is 56.0. The number of aryl methyl sites for hydroxylation is 1. The number of rotatable bonds is 2. The van der Waals surface area contributed by atoms with Gasteiger partial charge in [0.2, 0.25) is 0 Å². The third kappa shape index (κ3) is 3.36. The summed E-state index contributed by atoms with van der Waals surface area (Å²) >= 11 is 0. The zero-order valence-corrected chi connectivity index (χ0v) is 10.2. The summed E-state index contributed by atoms with van der Waals surface area (Å²) in [5.41, 5.74) is 1.03. The number of hydrogen-bond donors (Lipinski definition) is 0. The Hall–Kier alpha value is -1.78. The molecule has 0 saturated heterocycles. The van der Waals surface area contributed by atoms with Crippen molar-refractivity contribution >= 4 is 0 Å². The Morgan fingerprint density at radius 3 is 2.32 bits per heavy atom. The maximum Gasteiger partial charge on any atom is 0.398 e. The van der Waals surface area contributed by atoms with Crippen LogP contribution in [0, 0.1) is 12.8 Å². The Morgan fingerprint density at radius 2 is 1.79 bits per heavy atom. The molecular weight excluding hydrogens is 260 g/mol. The Bertz CT molecular complexity index is 511. The van der Waals surface area contributed by atoms with E-state index in [1.165, 1.54) is 6.08 Å². The van der Waals surface area contributed by atoms with Gasteiger partial charge in [-0.1, -0.05) is 17.7 Å². The minimum absolute atomic E-state index is 0.0989. The molecule has 0 spiro atoms. The molecule has 1 aliphatic carbocycles. The first-order valence-corrected chi connectivity index (χ1v) is 5.75. The highest BCUT2D eigenvalue weighted by atomic mass is 19.4. The molecule has 1 aromatic rings. The fraction of sp³-hybridized carbons (Fsp3) is 0.286. The van der Waals surface area contributed by atoms with Gasteiger partial charge in [0.25, 0.3) is 0 Å². The van der Waals surface area contributed by atoms with Gasteiger partial charge in [0.1, 0.15) is 23.3 Å². The number of alkyl halides is 3. The molecule has 5 heteroatoms. The smallest absolute Gasteiger partial charge is 0.398 e. The summed E-state index contributed by atoms with van der Waals surface area (Å²) in [6, 6.07) is 6.96. The second kappa shape index (κ2) is 5.07. The van der Waals surface area contributed by atoms with Crippen molar-refractivity contribution in [3.05, 3.63) is 53.6 Å². The van der Waals surface area contributed by atoms with Crippen molar-refractivity contribution in [2.75, 3.05) is 0 Å². The van der Waals surface area contributed by atoms with Gasteiger partial charge in [0.15, 0.2) is 0 Å². The van der Waals surface area contributed by atoms with Crippen LogP contribution in [-0.4, -0.2) is 6.18 Å². The molecule has 0 saturated carbocycles. The van der Waals surface area contributed by atoms with E-state index in [1.807, 2.05) is 6.92 Å². The molecular formula is C14H12F4O. The van der Waals surface area contributed by atoms with E-state index in [2.05, 4.69) is 0 Å². The van der Waals surface area contributed by atoms with Crippen molar-refractivity contribution in [3.8, 4) is 5.75 Å². The summed E-state index contributed by atoms with van der Waals surface area (Å²) in [6.07, 6.45) is -2.96. The number of halogens is 4. The maximum absolute atomic E-state index is 13.4. The molecule has 0 fully saturated rings. The Kier molecular flexibility index (Phi) is 3.64. The summed E-state index contributed by atoms with van der Waals surface area (Å²) in [5.74, 6) is -2.71. The highest BCUT2D eigenvalue weighted by Gasteiger charge is 2.43. The predicted octanol–water partition coefficient (Wildman–Crippen LogP) is 4.69. The van der Waals surface area contributed by atoms with Crippen LogP contribution >= 0.6 is 0 Å². The lowest BCUT2D eigenvalue weighted by Gasteiger charge is -2.21. The van der Waals surface area contributed by atoms with Crippen LogP contribution in [0.25, 0.3) is 0 Å². The zero-order chi connectivity index (χ0) is 14.0. The molecule has 0 radical (unpaired) electrons. The molecule has 0 amide bonds. The second-order valence-electron chi connectivity index (χ2n) is 4.38. The molecule has 1 aromatic carbocycles. The van der Waals surface area contributed by atoms with E-state index in [4.69, 9.17) is 4.74 Å². The molecule has 0 bridgehead atoms. The number of ether oxygens (including phenoxy) is 1. The van der Waals surface area contributed by atoms with Crippen LogP contribution in [0.1, 0.15) is 12.0 Å². The first-order valence-electron chi connectivity index (χ1n) is 5.75. The number of benzene rings is 1. The normalized spacial score (nSPS) is 19.7. The first kappa shape index (κ1) is 13.6. The Balaban J connectivity index is 2.09. The number of allylic oxidation sites excluding steroid dienone is 3. The molecule has 1 aliphatic rings. The van der Waals surface area contributed by atoms with Crippen molar-refractivity contribution in [2.45, 2.75) is 19.5 Å². The van der Waals surface area contributed by atoms with Crippen molar-refractivity contribution in [1.29, 1.82) is 0 Å². The van der Waals surface area contributed by atoms with Crippen molar-refractivity contribution < 1.29 is 22.3 Å². The third-order valence-electron chi connectivity index (χ3n) is 2.82. The van der Waals surface area contributed by atoms with Gasteiger partial charge in [-0.25, -0.2) is 4.39 Å². The highest BCUT2D eigenvalue weighted by molar-refractivity contribution is 5.32. The van der Waals surface area contributed by atoms with Gasteiger partial charge in [-0.2, -0.15) is 13.2 Å². The van der Waals surface area contributed by atoms with E-state index in [0.717, 1.165) is 11.6 Å². The van der Waals surface area contributed by atoms with Crippen molar-refractivity contribution in [1.82, 2.24) is 0 Å². The lowest BCUT2D eigenvalue weighted by Crippen LogP contribution is -2.25. The van der Waals surface area contributed by atoms with E-state index in [0.29, 0.717) is 5.75 Å². The minimum Gasteiger partial charge on any atom is -0.458 e. The van der Waals surface area contributed by atoms with Crippen molar-refractivity contribution in [3.63, 3.8) is 0 Å². The van der Waals surface area contributed by atoms with Gasteiger partial charge in [-0.15, -0.1) is 0 Å². The average Bonchev–Trinajstić information content (AvgIpc) is 2.30. The zero-order valence-electron chi connectivity index (χ0n) is 10.2. The van der Waals surface area contributed by atoms with Gasteiger partial charge in [0, 0.05) is 6.08 Å². The standard InChI is InChI=1S/C14H12F4O/c1-9-2-4-10(5-3-9)19-11-6-7-12(13(15)8-11)14(16,17)18/h2-6,8,12H,7H2,1H3. The Labute approximate surface area is 108 Å². The van der Waals surface area contributed by atoms with Crippen molar-refractivity contribution in [2.24, 2.45) is 5.92 Å². The van der Waals surface area contributed by atoms with Crippen LogP contribution in [0.2, 0.25) is 0 Å². The first-order chi connectivity index (χ1) is 8.86. The third-order valence-corrected chi connectivity index (χ3v) is 2.82. The summed E-state index contributed by atoms with van der Waals surface area (Å²) in [6.45, 7) is 1.90. The van der Waals surface area contributed by atoms with Gasteiger partial charge >= 0.3 is 6.18 Å². The lowest BCUT2D eigenvalue weighted by atomic mass is 9.98. The molecule has 2 rings (SSSR count). The van der Waals surface area contributed by atoms with Gasteiger partial charge < -0.3 is 4.74 Å². The SMILES string of the molecule is Cc1ccc(OC2=CCC(C(F)(F)F)C(F)=C2)cc1. The molecule has 0 aliphatic heterocycles. The van der Waals surface area contributed by atoms with Gasteiger partial charge in [-0.3, -0.25) is 0 Å². The van der Waals surface area contributed by atoms with E-state index < -0.39 is 24.3 Å². The summed E-state index contributed by atoms with van der Waals surface area (Å²) in [4.78, 5) is 0. The van der Waals surface area contributed by atoms with Crippen LogP contribution in [-0.2, 0) is 0 Å². The van der Waals surface area contributed by atoms with Crippen LogP contribution in [0.4, 0.5) is 17.6 Å². The van der Waals surface area contributed by atoms with Crippen LogP contribution in [0.5, 0.6) is 5.75 Å². The van der Waals surface area contributed by atoms with E-state index >= 15 is 0 Å². The molecule has 0 N–H and O–H groups in total. The fourth-order valence-corrected chi connectivity index (χ4v) is 1.75. The topological polar surface area (TPSA) is 9.23 Å². The monoisotopic (exact) mass is 272 g/mol. The molecule has 1 nitrogen and oxygen atoms in total. The van der Waals surface area contributed by atoms with E-state index in [1.54, 1.807) is 24.3 Å². The second-order valence-corrected chi connectivity index (χ2v) is 4.38. The summed E-state index contributed by atoms with van der Waals surface area (Å²) in [5, 5.41) is 0. The minimum atomic E-state index is -4.56. The molecule has 0 heterocycles. The molecule has 102 valence electrons. The largest absolute Gasteiger partial charge is 0.458 e. The molecule has 0 aromatic heterocycles. The maximum atomic E-state index is 13.4. The average molecular weight is 272 g/mol. The molecule has 1 atom stereocenters. The lowest BCUT2D eigenvalue weighted by molar-refractivity contribution is -0.167. The summed E-state index contributed by atoms with van der Waals surface area (Å²) in [7, 11) is 0. The Morgan fingerprint density at radius 1 is 1.16 bits per heavy atom. The van der Waals surface area contributed by atoms with Gasteiger partial charge in [0.05, 0.1) is 0 Å². The van der Waals surface area contributed by atoms with Gasteiger partial charge in [-0.05, 0) is 31.6 Å². The van der Waals surface area contributed by atoms with Crippen LogP contribution in [0.3, 0.4) is 0 Å². The fourth-order valence-electron chi connectivity index (χ4n) is 1.75. The molecule has 1 unspecified atom stereocenters. The number of hydrogen-bond acceptors (Lipinski definition) is 1. The van der Waals surface area contributed by atoms with Crippen LogP contribution in [0.15, 0.2) is 48.0 Å². The van der Waals surface area contributed by atoms with E-state index in [-0.39, 0.29) is 5.76 Å². The van der Waals surface area contributed by atoms with E-state index in [9.17, 15) is 17.6 Å². The quantitative estimate of drug-likeness (QED) is 0.709. The molecule has 19 heavy (non-hydrogen) atoms. The van der Waals surface area contributed by atoms with Crippen LogP contribution < -0.4 is 4.74 Å². The highest BCUT2D eigenvalue weighted by Crippen LogP contribution is 2.38. The predicted molar refractivity (Wildman–Crippen MR) is 63.2 cm³/mol.